The molecule has 2 N–H and O–H groups in total. The van der Waals surface area contributed by atoms with Crippen LogP contribution in [-0.2, 0) is 4.79 Å². The first-order valence-corrected chi connectivity index (χ1v) is 8.33. The minimum atomic E-state index is -0.602. The predicted molar refractivity (Wildman–Crippen MR) is 88.5 cm³/mol. The third-order valence-electron chi connectivity index (χ3n) is 4.40. The van der Waals surface area contributed by atoms with Crippen LogP contribution in [0.1, 0.15) is 44.8 Å². The van der Waals surface area contributed by atoms with Gasteiger partial charge in [-0.2, -0.15) is 0 Å². The number of hydrogen-bond acceptors (Lipinski definition) is 3. The predicted octanol–water partition coefficient (Wildman–Crippen LogP) is 2.35. The highest BCUT2D eigenvalue weighted by Gasteiger charge is 2.25. The number of aliphatic hydroxyl groups is 1. The van der Waals surface area contributed by atoms with Gasteiger partial charge in [-0.05, 0) is 30.7 Å². The van der Waals surface area contributed by atoms with Crippen molar-refractivity contribution in [1.29, 1.82) is 0 Å². The molecule has 1 fully saturated rings. The minimum Gasteiger partial charge on any atom is -0.387 e. The van der Waals surface area contributed by atoms with Gasteiger partial charge in [0.1, 0.15) is 0 Å². The molecule has 2 rings (SSSR count). The molecule has 2 atom stereocenters. The maximum absolute atomic E-state index is 12.3. The van der Waals surface area contributed by atoms with Crippen molar-refractivity contribution in [2.75, 3.05) is 19.6 Å². The first kappa shape index (κ1) is 17.0. The third-order valence-corrected chi connectivity index (χ3v) is 4.40. The van der Waals surface area contributed by atoms with Gasteiger partial charge in [0.25, 0.3) is 0 Å². The molecule has 4 nitrogen and oxygen atoms in total. The lowest BCUT2D eigenvalue weighted by Crippen LogP contribution is -2.47. The van der Waals surface area contributed by atoms with Gasteiger partial charge in [-0.25, -0.2) is 0 Å². The summed E-state index contributed by atoms with van der Waals surface area (Å²) in [5, 5.41) is 13.9. The van der Waals surface area contributed by atoms with Crippen LogP contribution in [0.4, 0.5) is 0 Å². The third kappa shape index (κ3) is 4.55. The number of piperidine rings is 1. The Hall–Kier alpha value is -1.39. The Balaban J connectivity index is 1.92. The Kier molecular flexibility index (Phi) is 6.40. The Labute approximate surface area is 133 Å². The summed E-state index contributed by atoms with van der Waals surface area (Å²) >= 11 is 0. The van der Waals surface area contributed by atoms with E-state index in [2.05, 4.69) is 19.2 Å². The lowest BCUT2D eigenvalue weighted by molar-refractivity contribution is -0.131. The minimum absolute atomic E-state index is 0.129. The van der Waals surface area contributed by atoms with E-state index < -0.39 is 6.10 Å². The summed E-state index contributed by atoms with van der Waals surface area (Å²) in [6.45, 7) is 6.17. The summed E-state index contributed by atoms with van der Waals surface area (Å²) in [6, 6.07) is 9.51. The lowest BCUT2D eigenvalue weighted by Gasteiger charge is -2.31. The van der Waals surface area contributed by atoms with Crippen LogP contribution in [0.3, 0.4) is 0 Å². The Morgan fingerprint density at radius 3 is 2.41 bits per heavy atom. The van der Waals surface area contributed by atoms with Gasteiger partial charge in [0.05, 0.1) is 12.6 Å². The van der Waals surface area contributed by atoms with E-state index in [-0.39, 0.29) is 17.9 Å². The normalized spacial score (nSPS) is 18.3. The molecule has 0 aromatic heterocycles. The zero-order valence-corrected chi connectivity index (χ0v) is 13.7. The second kappa shape index (κ2) is 8.30. The molecule has 22 heavy (non-hydrogen) atoms. The molecule has 0 saturated carbocycles. The fourth-order valence-electron chi connectivity index (χ4n) is 3.03. The molecule has 1 aromatic rings. The van der Waals surface area contributed by atoms with E-state index in [1.54, 1.807) is 0 Å². The summed E-state index contributed by atoms with van der Waals surface area (Å²) in [5.41, 5.74) is 0.888. The standard InChI is InChI=1S/C18H28N2O2/c1-14(2)17(18(22)15-9-5-3-6-10-15)19-13-16(21)20-11-7-4-8-12-20/h3,5-6,9-10,14,17-19,22H,4,7-8,11-13H2,1-2H3. The molecule has 122 valence electrons. The van der Waals surface area contributed by atoms with E-state index in [0.717, 1.165) is 31.5 Å². The molecule has 0 radical (unpaired) electrons. The lowest BCUT2D eigenvalue weighted by atomic mass is 9.93. The largest absolute Gasteiger partial charge is 0.387 e. The smallest absolute Gasteiger partial charge is 0.236 e. The quantitative estimate of drug-likeness (QED) is 0.848. The van der Waals surface area contributed by atoms with Crippen molar-refractivity contribution in [1.82, 2.24) is 10.2 Å². The molecule has 1 amide bonds. The average molecular weight is 304 g/mol. The number of hydrogen-bond donors (Lipinski definition) is 2. The van der Waals surface area contributed by atoms with Crippen molar-refractivity contribution in [3.8, 4) is 0 Å². The molecule has 1 aliphatic rings. The number of likely N-dealkylation sites (tertiary alicyclic amines) is 1. The van der Waals surface area contributed by atoms with Gasteiger partial charge in [-0.3, -0.25) is 4.79 Å². The van der Waals surface area contributed by atoms with Gasteiger partial charge < -0.3 is 15.3 Å². The number of aliphatic hydroxyl groups excluding tert-OH is 1. The van der Waals surface area contributed by atoms with E-state index in [1.807, 2.05) is 35.2 Å². The summed E-state index contributed by atoms with van der Waals surface area (Å²) in [7, 11) is 0. The zero-order chi connectivity index (χ0) is 15.9. The van der Waals surface area contributed by atoms with Crippen molar-refractivity contribution < 1.29 is 9.90 Å². The van der Waals surface area contributed by atoms with Crippen molar-refractivity contribution >= 4 is 5.91 Å². The van der Waals surface area contributed by atoms with Gasteiger partial charge in [0.2, 0.25) is 5.91 Å². The maximum atomic E-state index is 12.3. The molecular weight excluding hydrogens is 276 g/mol. The van der Waals surface area contributed by atoms with Crippen LogP contribution < -0.4 is 5.32 Å². The Morgan fingerprint density at radius 2 is 1.82 bits per heavy atom. The van der Waals surface area contributed by atoms with Crippen molar-refractivity contribution in [3.63, 3.8) is 0 Å². The number of amides is 1. The van der Waals surface area contributed by atoms with Gasteiger partial charge in [0.15, 0.2) is 0 Å². The summed E-state index contributed by atoms with van der Waals surface area (Å²) in [5.74, 6) is 0.384. The highest BCUT2D eigenvalue weighted by molar-refractivity contribution is 5.78. The molecule has 1 aliphatic heterocycles. The van der Waals surface area contributed by atoms with E-state index in [1.165, 1.54) is 6.42 Å². The van der Waals surface area contributed by atoms with Crippen LogP contribution in [-0.4, -0.2) is 41.6 Å². The molecule has 1 heterocycles. The monoisotopic (exact) mass is 304 g/mol. The molecule has 4 heteroatoms. The van der Waals surface area contributed by atoms with Crippen LogP contribution in [0.25, 0.3) is 0 Å². The molecule has 2 unspecified atom stereocenters. The van der Waals surface area contributed by atoms with Crippen LogP contribution in [0.2, 0.25) is 0 Å². The fourth-order valence-corrected chi connectivity index (χ4v) is 3.03. The highest BCUT2D eigenvalue weighted by atomic mass is 16.3. The Morgan fingerprint density at radius 1 is 1.18 bits per heavy atom. The first-order valence-electron chi connectivity index (χ1n) is 8.33. The van der Waals surface area contributed by atoms with E-state index in [0.29, 0.717) is 6.54 Å². The second-order valence-electron chi connectivity index (χ2n) is 6.45. The van der Waals surface area contributed by atoms with E-state index in [9.17, 15) is 9.90 Å². The van der Waals surface area contributed by atoms with Crippen LogP contribution in [0.5, 0.6) is 0 Å². The molecule has 0 bridgehead atoms. The van der Waals surface area contributed by atoms with E-state index >= 15 is 0 Å². The molecule has 0 spiro atoms. The molecule has 1 saturated heterocycles. The van der Waals surface area contributed by atoms with Gasteiger partial charge >= 0.3 is 0 Å². The van der Waals surface area contributed by atoms with Crippen LogP contribution in [0, 0.1) is 5.92 Å². The Bertz CT molecular complexity index is 455. The summed E-state index contributed by atoms with van der Waals surface area (Å²) < 4.78 is 0. The number of carbonyl (C=O) groups excluding carboxylic acids is 1. The molecule has 1 aromatic carbocycles. The maximum Gasteiger partial charge on any atom is 0.236 e. The van der Waals surface area contributed by atoms with Crippen molar-refractivity contribution in [2.45, 2.75) is 45.3 Å². The van der Waals surface area contributed by atoms with E-state index in [4.69, 9.17) is 0 Å². The fraction of sp³-hybridized carbons (Fsp3) is 0.611. The summed E-state index contributed by atoms with van der Waals surface area (Å²) in [4.78, 5) is 14.2. The number of rotatable bonds is 6. The first-order chi connectivity index (χ1) is 10.6. The van der Waals surface area contributed by atoms with Crippen molar-refractivity contribution in [2.24, 2.45) is 5.92 Å². The number of carbonyl (C=O) groups is 1. The SMILES string of the molecule is CC(C)C(NCC(=O)N1CCCCC1)C(O)c1ccccc1. The number of nitrogens with one attached hydrogen (secondary N) is 1. The molecular formula is C18H28N2O2. The molecule has 0 aliphatic carbocycles. The summed E-state index contributed by atoms with van der Waals surface area (Å²) in [6.07, 6.45) is 2.83. The van der Waals surface area contributed by atoms with Crippen molar-refractivity contribution in [3.05, 3.63) is 35.9 Å². The zero-order valence-electron chi connectivity index (χ0n) is 13.7. The average Bonchev–Trinajstić information content (AvgIpc) is 2.56. The van der Waals surface area contributed by atoms with Gasteiger partial charge in [-0.1, -0.05) is 44.2 Å². The number of benzene rings is 1. The second-order valence-corrected chi connectivity index (χ2v) is 6.45. The van der Waals surface area contributed by atoms with Crippen LogP contribution in [0.15, 0.2) is 30.3 Å². The topological polar surface area (TPSA) is 52.6 Å². The van der Waals surface area contributed by atoms with Gasteiger partial charge in [-0.15, -0.1) is 0 Å². The number of nitrogens with zero attached hydrogens (tertiary/aromatic N) is 1. The van der Waals surface area contributed by atoms with Gasteiger partial charge in [0, 0.05) is 19.1 Å². The highest BCUT2D eigenvalue weighted by Crippen LogP contribution is 2.21. The van der Waals surface area contributed by atoms with Crippen LogP contribution >= 0.6 is 0 Å².